The van der Waals surface area contributed by atoms with Gasteiger partial charge in [0.05, 0.1) is 0 Å². The third kappa shape index (κ3) is 9.74. The fourth-order valence-electron chi connectivity index (χ4n) is 3.85. The summed E-state index contributed by atoms with van der Waals surface area (Å²) in [6.07, 6.45) is 1.71. The molecule has 1 rings (SSSR count). The normalized spacial score (nSPS) is 13.7. The molecule has 0 saturated carbocycles. The number of thioether (sulfide) groups is 1. The van der Waals surface area contributed by atoms with E-state index in [1.807, 2.05) is 72.9 Å². The topological polar surface area (TPSA) is 87.7 Å². The standard InChI is InChI=1S/C27H45N3O4S/c1-17(2)28-23(31)22(20-13-12-18(3)16-19(20)4)30(26(5,6)7)24(32)21(14-15-35-11)29-25(33)34-27(8,9)10/h12-13,16-17,21-22H,14-15H2,1-11H3,(H,28,31)(H,29,33). The summed E-state index contributed by atoms with van der Waals surface area (Å²) in [7, 11) is 0. The molecule has 1 aromatic carbocycles. The first-order valence-electron chi connectivity index (χ1n) is 12.2. The SMILES string of the molecule is CSCCC(NC(=O)OC(C)(C)C)C(=O)N(C(C(=O)NC(C)C)c1ccc(C)cc1C)C(C)(C)C. The number of aryl methyl sites for hydroxylation is 2. The third-order valence-electron chi connectivity index (χ3n) is 5.22. The van der Waals surface area contributed by atoms with Gasteiger partial charge in [-0.2, -0.15) is 11.8 Å². The molecule has 3 amide bonds. The molecule has 2 unspecified atom stereocenters. The van der Waals surface area contributed by atoms with E-state index >= 15 is 0 Å². The third-order valence-corrected chi connectivity index (χ3v) is 5.86. The van der Waals surface area contributed by atoms with Crippen LogP contribution in [0.2, 0.25) is 0 Å². The summed E-state index contributed by atoms with van der Waals surface area (Å²) in [5, 5.41) is 5.77. The lowest BCUT2D eigenvalue weighted by molar-refractivity contribution is -0.148. The number of nitrogens with zero attached hydrogens (tertiary/aromatic N) is 1. The van der Waals surface area contributed by atoms with Crippen molar-refractivity contribution < 1.29 is 19.1 Å². The van der Waals surface area contributed by atoms with Crippen molar-refractivity contribution in [3.8, 4) is 0 Å². The predicted octanol–water partition coefficient (Wildman–Crippen LogP) is 5.14. The zero-order chi connectivity index (χ0) is 27.1. The molecule has 0 aliphatic rings. The number of nitrogens with one attached hydrogen (secondary N) is 2. The fourth-order valence-corrected chi connectivity index (χ4v) is 4.32. The van der Waals surface area contributed by atoms with Gasteiger partial charge in [-0.15, -0.1) is 0 Å². The first-order chi connectivity index (χ1) is 16.0. The van der Waals surface area contributed by atoms with Crippen molar-refractivity contribution in [2.24, 2.45) is 0 Å². The maximum Gasteiger partial charge on any atom is 0.408 e. The van der Waals surface area contributed by atoms with Gasteiger partial charge in [0, 0.05) is 11.6 Å². The lowest BCUT2D eigenvalue weighted by Crippen LogP contribution is -2.59. The second-order valence-electron chi connectivity index (χ2n) is 11.3. The maximum absolute atomic E-state index is 14.1. The molecule has 0 heterocycles. The minimum Gasteiger partial charge on any atom is -0.444 e. The summed E-state index contributed by atoms with van der Waals surface area (Å²) in [5.41, 5.74) is 1.36. The Morgan fingerprint density at radius 2 is 1.63 bits per heavy atom. The minimum absolute atomic E-state index is 0.0974. The molecule has 35 heavy (non-hydrogen) atoms. The monoisotopic (exact) mass is 507 g/mol. The fraction of sp³-hybridized carbons (Fsp3) is 0.667. The van der Waals surface area contributed by atoms with Gasteiger partial charge in [0.25, 0.3) is 0 Å². The Morgan fingerprint density at radius 1 is 1.03 bits per heavy atom. The first kappa shape index (κ1) is 30.8. The highest BCUT2D eigenvalue weighted by Gasteiger charge is 2.42. The van der Waals surface area contributed by atoms with Crippen molar-refractivity contribution in [2.45, 2.75) is 105 Å². The van der Waals surface area contributed by atoms with E-state index < -0.39 is 29.3 Å². The second kappa shape index (κ2) is 12.7. The quantitative estimate of drug-likeness (QED) is 0.483. The molecule has 198 valence electrons. The average molecular weight is 508 g/mol. The van der Waals surface area contributed by atoms with Gasteiger partial charge in [-0.25, -0.2) is 4.79 Å². The molecule has 1 aromatic rings. The average Bonchev–Trinajstić information content (AvgIpc) is 2.66. The number of carbonyl (C=O) groups is 3. The van der Waals surface area contributed by atoms with Gasteiger partial charge >= 0.3 is 6.09 Å². The summed E-state index contributed by atoms with van der Waals surface area (Å²) >= 11 is 1.59. The van der Waals surface area contributed by atoms with Crippen LogP contribution in [0.1, 0.15) is 84.5 Å². The Kier molecular flexibility index (Phi) is 11.1. The van der Waals surface area contributed by atoms with Crippen molar-refractivity contribution in [1.29, 1.82) is 0 Å². The Hall–Kier alpha value is -2.22. The van der Waals surface area contributed by atoms with Crippen LogP contribution in [0.25, 0.3) is 0 Å². The number of carbonyl (C=O) groups excluding carboxylic acids is 3. The molecule has 0 spiro atoms. The smallest absolute Gasteiger partial charge is 0.408 e. The lowest BCUT2D eigenvalue weighted by Gasteiger charge is -2.43. The first-order valence-corrected chi connectivity index (χ1v) is 13.6. The molecule has 2 atom stereocenters. The van der Waals surface area contributed by atoms with Crippen LogP contribution >= 0.6 is 11.8 Å². The van der Waals surface area contributed by atoms with Crippen molar-refractivity contribution in [3.63, 3.8) is 0 Å². The van der Waals surface area contributed by atoms with Crippen molar-refractivity contribution in [2.75, 3.05) is 12.0 Å². The maximum atomic E-state index is 14.1. The largest absolute Gasteiger partial charge is 0.444 e. The van der Waals surface area contributed by atoms with Crippen molar-refractivity contribution in [3.05, 3.63) is 34.9 Å². The zero-order valence-electron chi connectivity index (χ0n) is 23.4. The number of alkyl carbamates (subject to hydrolysis) is 1. The van der Waals surface area contributed by atoms with E-state index in [1.54, 1.807) is 37.4 Å². The Labute approximate surface area is 216 Å². The molecular formula is C27H45N3O4S. The van der Waals surface area contributed by atoms with Gasteiger partial charge < -0.3 is 20.3 Å². The molecule has 0 aromatic heterocycles. The minimum atomic E-state index is -0.859. The summed E-state index contributed by atoms with van der Waals surface area (Å²) in [5.74, 6) is 0.0914. The number of ether oxygens (including phenoxy) is 1. The molecule has 8 heteroatoms. The molecule has 0 bridgehead atoms. The molecule has 2 N–H and O–H groups in total. The summed E-state index contributed by atoms with van der Waals surface area (Å²) in [4.78, 5) is 42.0. The molecule has 0 saturated heterocycles. The highest BCUT2D eigenvalue weighted by atomic mass is 32.2. The predicted molar refractivity (Wildman–Crippen MR) is 145 cm³/mol. The molecule has 0 radical (unpaired) electrons. The molecular weight excluding hydrogens is 462 g/mol. The van der Waals surface area contributed by atoms with E-state index in [0.29, 0.717) is 12.2 Å². The molecule has 0 aliphatic carbocycles. The highest BCUT2D eigenvalue weighted by Crippen LogP contribution is 2.32. The van der Waals surface area contributed by atoms with Crippen molar-refractivity contribution >= 4 is 29.7 Å². The summed E-state index contributed by atoms with van der Waals surface area (Å²) < 4.78 is 5.43. The Morgan fingerprint density at radius 3 is 2.09 bits per heavy atom. The number of amides is 3. The van der Waals surface area contributed by atoms with Gasteiger partial charge in [0.15, 0.2) is 0 Å². The van der Waals surface area contributed by atoms with Gasteiger partial charge in [0.1, 0.15) is 17.7 Å². The highest BCUT2D eigenvalue weighted by molar-refractivity contribution is 7.98. The van der Waals surface area contributed by atoms with Gasteiger partial charge in [-0.1, -0.05) is 23.8 Å². The summed E-state index contributed by atoms with van der Waals surface area (Å²) in [6, 6.07) is 4.09. The van der Waals surface area contributed by atoms with Crippen LogP contribution in [0.15, 0.2) is 18.2 Å². The van der Waals surface area contributed by atoms with Gasteiger partial charge in [-0.05, 0) is 98.8 Å². The van der Waals surface area contributed by atoms with Crippen LogP contribution in [0.5, 0.6) is 0 Å². The zero-order valence-corrected chi connectivity index (χ0v) is 24.2. The lowest BCUT2D eigenvalue weighted by atomic mass is 9.92. The van der Waals surface area contributed by atoms with E-state index in [-0.39, 0.29) is 17.9 Å². The molecule has 0 aliphatic heterocycles. The van der Waals surface area contributed by atoms with Crippen LogP contribution in [0.4, 0.5) is 4.79 Å². The Balaban J connectivity index is 3.59. The van der Waals surface area contributed by atoms with E-state index in [4.69, 9.17) is 4.74 Å². The molecule has 0 fully saturated rings. The van der Waals surface area contributed by atoms with Gasteiger partial charge in [0.2, 0.25) is 11.8 Å². The second-order valence-corrected chi connectivity index (χ2v) is 12.3. The number of rotatable bonds is 9. The van der Waals surface area contributed by atoms with Crippen LogP contribution in [-0.4, -0.2) is 58.0 Å². The number of hydrogen-bond acceptors (Lipinski definition) is 5. The number of hydrogen-bond donors (Lipinski definition) is 2. The van der Waals surface area contributed by atoms with E-state index in [2.05, 4.69) is 10.6 Å². The van der Waals surface area contributed by atoms with Crippen LogP contribution < -0.4 is 10.6 Å². The van der Waals surface area contributed by atoms with Crippen LogP contribution in [-0.2, 0) is 14.3 Å². The van der Waals surface area contributed by atoms with Crippen molar-refractivity contribution in [1.82, 2.24) is 15.5 Å². The van der Waals surface area contributed by atoms with Crippen LogP contribution in [0, 0.1) is 13.8 Å². The number of benzene rings is 1. The molecule has 7 nitrogen and oxygen atoms in total. The van der Waals surface area contributed by atoms with E-state index in [0.717, 1.165) is 16.7 Å². The van der Waals surface area contributed by atoms with Crippen LogP contribution in [0.3, 0.4) is 0 Å². The van der Waals surface area contributed by atoms with E-state index in [9.17, 15) is 14.4 Å². The summed E-state index contributed by atoms with van der Waals surface area (Å²) in [6.45, 7) is 18.8. The Bertz CT molecular complexity index is 887. The van der Waals surface area contributed by atoms with E-state index in [1.165, 1.54) is 0 Å². The van der Waals surface area contributed by atoms with Gasteiger partial charge in [-0.3, -0.25) is 9.59 Å².